The summed E-state index contributed by atoms with van der Waals surface area (Å²) in [4.78, 5) is 18.9. The number of carbonyl (C=O) groups excluding carboxylic acids is 1. The average molecular weight is 441 g/mol. The predicted octanol–water partition coefficient (Wildman–Crippen LogP) is 1.73. The number of nitrogens with zero attached hydrogens (tertiary/aromatic N) is 2. The Morgan fingerprint density at radius 3 is 2.76 bits per heavy atom. The van der Waals surface area contributed by atoms with Crippen molar-refractivity contribution in [1.29, 1.82) is 0 Å². The van der Waals surface area contributed by atoms with Crippen molar-refractivity contribution in [1.82, 2.24) is 15.5 Å². The summed E-state index contributed by atoms with van der Waals surface area (Å²) in [6, 6.07) is 0.0778. The van der Waals surface area contributed by atoms with Crippen LogP contribution < -0.4 is 10.6 Å². The van der Waals surface area contributed by atoms with E-state index in [0.717, 1.165) is 72.9 Å². The molecule has 0 aromatic rings. The lowest BCUT2D eigenvalue weighted by molar-refractivity contribution is -0.121. The first-order valence-corrected chi connectivity index (χ1v) is 12.4. The van der Waals surface area contributed by atoms with Gasteiger partial charge in [0, 0.05) is 49.0 Å². The van der Waals surface area contributed by atoms with Crippen LogP contribution in [0.3, 0.4) is 0 Å². The van der Waals surface area contributed by atoms with Gasteiger partial charge < -0.3 is 15.5 Å². The molecule has 3 rings (SSSR count). The Labute approximate surface area is 177 Å². The third-order valence-corrected chi connectivity index (χ3v) is 6.66. The van der Waals surface area contributed by atoms with E-state index >= 15 is 0 Å². The number of allylic oxidation sites excluding steroid dienone is 3. The van der Waals surface area contributed by atoms with Gasteiger partial charge in [-0.2, -0.15) is 0 Å². The number of carbonyl (C=O) groups is 1. The summed E-state index contributed by atoms with van der Waals surface area (Å²) < 4.78 is 22.4. The molecule has 0 saturated carbocycles. The molecule has 29 heavy (non-hydrogen) atoms. The van der Waals surface area contributed by atoms with Gasteiger partial charge in [0.15, 0.2) is 0 Å². The Hall–Kier alpha value is -1.80. The highest BCUT2D eigenvalue weighted by Crippen LogP contribution is 2.26. The van der Waals surface area contributed by atoms with Crippen LogP contribution in [0.2, 0.25) is 0 Å². The number of nitrogens with one attached hydrogen (secondary N) is 2. The smallest absolute Gasteiger partial charge is 0.221 e. The van der Waals surface area contributed by atoms with Gasteiger partial charge in [-0.25, -0.2) is 8.42 Å². The number of amides is 1. The molecule has 0 aliphatic carbocycles. The highest BCUT2D eigenvalue weighted by Gasteiger charge is 2.25. The van der Waals surface area contributed by atoms with E-state index in [4.69, 9.17) is 11.6 Å². The van der Waals surface area contributed by atoms with E-state index in [-0.39, 0.29) is 24.1 Å². The Kier molecular flexibility index (Phi) is 7.05. The average Bonchev–Trinajstić information content (AvgIpc) is 2.68. The number of aliphatic imine (C=N–C) groups is 1. The predicted molar refractivity (Wildman–Crippen MR) is 117 cm³/mol. The summed E-state index contributed by atoms with van der Waals surface area (Å²) in [5.74, 6) is 0.730. The Morgan fingerprint density at radius 1 is 1.38 bits per heavy atom. The van der Waals surface area contributed by atoms with E-state index in [9.17, 15) is 13.2 Å². The largest absolute Gasteiger partial charge is 0.367 e. The highest BCUT2D eigenvalue weighted by atomic mass is 35.5. The van der Waals surface area contributed by atoms with Crippen LogP contribution in [0.1, 0.15) is 32.6 Å². The molecule has 1 amide bonds. The molecule has 1 saturated heterocycles. The first kappa shape index (κ1) is 21.9. The van der Waals surface area contributed by atoms with Gasteiger partial charge in [-0.1, -0.05) is 17.7 Å². The fraction of sp³-hybridized carbons (Fsp3) is 0.600. The zero-order valence-electron chi connectivity index (χ0n) is 17.0. The lowest BCUT2D eigenvalue weighted by Gasteiger charge is -2.37. The topological polar surface area (TPSA) is 90.9 Å². The van der Waals surface area contributed by atoms with Gasteiger partial charge in [0.25, 0.3) is 0 Å². The third kappa shape index (κ3) is 6.09. The van der Waals surface area contributed by atoms with Gasteiger partial charge in [-0.3, -0.25) is 9.79 Å². The van der Waals surface area contributed by atoms with Crippen molar-refractivity contribution >= 4 is 33.1 Å². The molecule has 160 valence electrons. The molecule has 1 fully saturated rings. The number of rotatable bonds is 6. The van der Waals surface area contributed by atoms with Crippen LogP contribution in [0.25, 0.3) is 0 Å². The number of hydrogen-bond acceptors (Lipinski definition) is 6. The number of piperidine rings is 1. The van der Waals surface area contributed by atoms with Gasteiger partial charge in [0.05, 0.1) is 18.0 Å². The first-order chi connectivity index (χ1) is 13.7. The van der Waals surface area contributed by atoms with E-state index in [1.807, 2.05) is 0 Å². The number of hydrogen-bond donors (Lipinski definition) is 2. The van der Waals surface area contributed by atoms with E-state index < -0.39 is 9.84 Å². The molecule has 3 aliphatic rings. The summed E-state index contributed by atoms with van der Waals surface area (Å²) in [6.07, 6.45) is 8.05. The second kappa shape index (κ2) is 9.34. The molecule has 0 aromatic heterocycles. The first-order valence-electron chi connectivity index (χ1n) is 10.0. The van der Waals surface area contributed by atoms with E-state index in [1.54, 1.807) is 0 Å². The second-order valence-electron chi connectivity index (χ2n) is 7.82. The summed E-state index contributed by atoms with van der Waals surface area (Å²) in [5, 5.41) is 7.12. The Balaban J connectivity index is 1.57. The second-order valence-corrected chi connectivity index (χ2v) is 10.5. The van der Waals surface area contributed by atoms with E-state index in [2.05, 4.69) is 39.6 Å². The van der Waals surface area contributed by atoms with Crippen LogP contribution in [0.5, 0.6) is 0 Å². The van der Waals surface area contributed by atoms with Crippen molar-refractivity contribution in [3.8, 4) is 0 Å². The molecule has 0 unspecified atom stereocenters. The van der Waals surface area contributed by atoms with Crippen LogP contribution >= 0.6 is 11.6 Å². The number of dihydropyridines is 2. The normalized spacial score (nSPS) is 21.2. The quantitative estimate of drug-likeness (QED) is 0.656. The zero-order chi connectivity index (χ0) is 21.0. The number of likely N-dealkylation sites (tertiary alicyclic amines) is 1. The highest BCUT2D eigenvalue weighted by molar-refractivity contribution is 7.90. The van der Waals surface area contributed by atoms with Crippen molar-refractivity contribution in [2.24, 2.45) is 4.99 Å². The van der Waals surface area contributed by atoms with Crippen molar-refractivity contribution < 1.29 is 13.2 Å². The molecule has 3 aliphatic heterocycles. The summed E-state index contributed by atoms with van der Waals surface area (Å²) in [7, 11) is -3.12. The minimum atomic E-state index is -3.12. The van der Waals surface area contributed by atoms with Crippen molar-refractivity contribution in [3.05, 3.63) is 34.2 Å². The monoisotopic (exact) mass is 440 g/mol. The molecule has 0 bridgehead atoms. The number of halogens is 1. The molecular formula is C20H29ClN4O3S. The fourth-order valence-corrected chi connectivity index (χ4v) is 4.52. The minimum Gasteiger partial charge on any atom is -0.367 e. The van der Waals surface area contributed by atoms with Gasteiger partial charge in [-0.15, -0.1) is 0 Å². The maximum Gasteiger partial charge on any atom is 0.221 e. The third-order valence-electron chi connectivity index (χ3n) is 5.38. The summed E-state index contributed by atoms with van der Waals surface area (Å²) in [6.45, 7) is 5.06. The van der Waals surface area contributed by atoms with Crippen molar-refractivity contribution in [2.45, 2.75) is 38.6 Å². The van der Waals surface area contributed by atoms with Crippen molar-refractivity contribution in [2.75, 3.05) is 38.2 Å². The van der Waals surface area contributed by atoms with Gasteiger partial charge in [0.1, 0.15) is 15.7 Å². The molecule has 0 atom stereocenters. The van der Waals surface area contributed by atoms with Crippen molar-refractivity contribution in [3.63, 3.8) is 0 Å². The van der Waals surface area contributed by atoms with Crippen LogP contribution in [0.4, 0.5) is 0 Å². The van der Waals surface area contributed by atoms with Crippen LogP contribution in [0.15, 0.2) is 39.1 Å². The molecule has 9 heteroatoms. The van der Waals surface area contributed by atoms with E-state index in [1.165, 1.54) is 0 Å². The van der Waals surface area contributed by atoms with Crippen LogP contribution in [-0.4, -0.2) is 69.2 Å². The number of sulfone groups is 1. The zero-order valence-corrected chi connectivity index (χ0v) is 18.6. The molecule has 2 N–H and O–H groups in total. The lowest BCUT2D eigenvalue weighted by Crippen LogP contribution is -2.47. The molecule has 3 heterocycles. The van der Waals surface area contributed by atoms with Gasteiger partial charge in [-0.05, 0) is 37.8 Å². The Bertz CT molecular complexity index is 881. The van der Waals surface area contributed by atoms with Gasteiger partial charge >= 0.3 is 0 Å². The minimum absolute atomic E-state index is 0.0212. The molecule has 0 aromatic carbocycles. The fourth-order valence-electron chi connectivity index (χ4n) is 3.75. The standard InChI is InChI=1S/C20H29ClN4O3S/c1-14-4-3-8-22-20(14)16-12-18(23-13-17(16)21)25-9-5-15(6-10-25)24-19(26)7-11-29(2,27)28/h4,12,15,23H,3,5-11,13H2,1-2H3,(H,24,26). The van der Waals surface area contributed by atoms with Crippen LogP contribution in [-0.2, 0) is 14.6 Å². The molecule has 0 radical (unpaired) electrons. The Morgan fingerprint density at radius 2 is 2.10 bits per heavy atom. The summed E-state index contributed by atoms with van der Waals surface area (Å²) in [5.41, 5.74) is 3.13. The molecular weight excluding hydrogens is 412 g/mol. The van der Waals surface area contributed by atoms with Crippen LogP contribution in [0, 0.1) is 0 Å². The summed E-state index contributed by atoms with van der Waals surface area (Å²) >= 11 is 6.48. The lowest BCUT2D eigenvalue weighted by atomic mass is 9.97. The maximum absolute atomic E-state index is 12.0. The molecule has 0 spiro atoms. The molecule has 7 nitrogen and oxygen atoms in total. The SMILES string of the molecule is CC1=CCCN=C1C1=C(Cl)CNC(N2CCC(NC(=O)CCS(C)(=O)=O)CC2)=C1. The maximum atomic E-state index is 12.0. The van der Waals surface area contributed by atoms with E-state index in [0.29, 0.717) is 6.54 Å². The van der Waals surface area contributed by atoms with Gasteiger partial charge in [0.2, 0.25) is 5.91 Å².